The minimum Gasteiger partial charge on any atom is -0.495 e. The highest BCUT2D eigenvalue weighted by Crippen LogP contribution is 2.44. The van der Waals surface area contributed by atoms with Gasteiger partial charge in [0.05, 0.1) is 43.9 Å². The third kappa shape index (κ3) is 4.28. The average molecular weight is 492 g/mol. The van der Waals surface area contributed by atoms with E-state index < -0.39 is 22.8 Å². The van der Waals surface area contributed by atoms with Crippen molar-refractivity contribution in [2.24, 2.45) is 0 Å². The summed E-state index contributed by atoms with van der Waals surface area (Å²) in [6.07, 6.45) is 0. The molecule has 0 aliphatic carbocycles. The number of likely N-dealkylation sites (N-methyl/N-ethyl adjacent to an activating group) is 1. The Morgan fingerprint density at radius 1 is 0.944 bits per heavy atom. The topological polar surface area (TPSA) is 120 Å². The van der Waals surface area contributed by atoms with Crippen molar-refractivity contribution in [3.63, 3.8) is 0 Å². The highest BCUT2D eigenvalue weighted by molar-refractivity contribution is 6.04. The first-order valence-corrected chi connectivity index (χ1v) is 11.0. The molecule has 0 saturated heterocycles. The van der Waals surface area contributed by atoms with Crippen molar-refractivity contribution in [2.45, 2.75) is 12.0 Å². The predicted molar refractivity (Wildman–Crippen MR) is 132 cm³/mol. The molecule has 2 amide bonds. The van der Waals surface area contributed by atoms with E-state index in [9.17, 15) is 19.7 Å². The number of carbonyl (C=O) groups is 2. The summed E-state index contributed by atoms with van der Waals surface area (Å²) in [5, 5.41) is 14.1. The minimum absolute atomic E-state index is 0.153. The van der Waals surface area contributed by atoms with Crippen LogP contribution < -0.4 is 19.5 Å². The lowest BCUT2D eigenvalue weighted by atomic mass is 9.79. The van der Waals surface area contributed by atoms with Crippen LogP contribution in [0.5, 0.6) is 17.2 Å². The van der Waals surface area contributed by atoms with Crippen LogP contribution in [-0.2, 0) is 4.79 Å². The molecule has 1 heterocycles. The number of fused-ring (bicyclic) bond motifs is 1. The Labute approximate surface area is 207 Å². The second-order valence-corrected chi connectivity index (χ2v) is 8.17. The second-order valence-electron chi connectivity index (χ2n) is 8.17. The molecule has 1 N–H and O–H groups in total. The van der Waals surface area contributed by atoms with Gasteiger partial charge in [0.2, 0.25) is 5.91 Å². The summed E-state index contributed by atoms with van der Waals surface area (Å²) in [5.41, 5.74) is 1.56. The minimum atomic E-state index is -0.842. The molecule has 10 heteroatoms. The molecule has 0 fully saturated rings. The Balaban J connectivity index is 1.84. The Hall–Kier alpha value is -4.60. The molecule has 4 rings (SSSR count). The van der Waals surface area contributed by atoms with Gasteiger partial charge in [-0.3, -0.25) is 19.7 Å². The normalized spacial score (nSPS) is 16.7. The number of methoxy groups -OCH3 is 3. The number of hydrogen-bond donors (Lipinski definition) is 1. The molecule has 0 bridgehead atoms. The molecule has 3 aromatic rings. The monoisotopic (exact) mass is 491 g/mol. The van der Waals surface area contributed by atoms with Gasteiger partial charge in [0, 0.05) is 24.7 Å². The smallest absolute Gasteiger partial charge is 0.271 e. The number of ether oxygens (including phenoxy) is 3. The van der Waals surface area contributed by atoms with Crippen molar-refractivity contribution in [3.8, 4) is 17.2 Å². The highest BCUT2D eigenvalue weighted by Gasteiger charge is 2.43. The second kappa shape index (κ2) is 9.95. The number of benzene rings is 3. The quantitative estimate of drug-likeness (QED) is 0.389. The van der Waals surface area contributed by atoms with E-state index in [2.05, 4.69) is 5.32 Å². The summed E-state index contributed by atoms with van der Waals surface area (Å²) < 4.78 is 16.1. The molecule has 0 radical (unpaired) electrons. The Morgan fingerprint density at radius 2 is 1.61 bits per heavy atom. The Kier molecular flexibility index (Phi) is 6.77. The van der Waals surface area contributed by atoms with Gasteiger partial charge in [-0.1, -0.05) is 24.3 Å². The van der Waals surface area contributed by atoms with Gasteiger partial charge in [-0.2, -0.15) is 0 Å². The van der Waals surface area contributed by atoms with Gasteiger partial charge >= 0.3 is 0 Å². The molecule has 0 saturated carbocycles. The maximum Gasteiger partial charge on any atom is 0.271 e. The summed E-state index contributed by atoms with van der Waals surface area (Å²) in [5.74, 6) is -0.304. The number of nitrogens with zero attached hydrogens (tertiary/aromatic N) is 2. The van der Waals surface area contributed by atoms with E-state index in [0.717, 1.165) is 0 Å². The standard InChI is InChI=1S/C26H25N3O7/c1-28-24(15-9-11-21(35-3)22(13-15)36-4)23(17-7-5-6-8-18(17)26(28)31)25(30)27-19-14-16(29(32)33)10-12-20(19)34-2/h5-14,23-24H,1-4H3,(H,27,30)/t23-,24+/m0/s1. The maximum atomic E-state index is 13.9. The molecule has 36 heavy (non-hydrogen) atoms. The number of non-ortho nitro benzene ring substituents is 1. The van der Waals surface area contributed by atoms with E-state index in [-0.39, 0.29) is 23.0 Å². The first kappa shape index (κ1) is 24.5. The average Bonchev–Trinajstić information content (AvgIpc) is 2.89. The van der Waals surface area contributed by atoms with Gasteiger partial charge in [-0.25, -0.2) is 0 Å². The molecular formula is C26H25N3O7. The van der Waals surface area contributed by atoms with Crippen LogP contribution in [0.2, 0.25) is 0 Å². The fourth-order valence-corrected chi connectivity index (χ4v) is 4.53. The largest absolute Gasteiger partial charge is 0.495 e. The van der Waals surface area contributed by atoms with Crippen molar-refractivity contribution in [3.05, 3.63) is 87.5 Å². The van der Waals surface area contributed by atoms with Gasteiger partial charge in [0.15, 0.2) is 11.5 Å². The van der Waals surface area contributed by atoms with Crippen molar-refractivity contribution < 1.29 is 28.7 Å². The first-order valence-electron chi connectivity index (χ1n) is 11.0. The number of carbonyl (C=O) groups excluding carboxylic acids is 2. The number of nitro groups is 1. The van der Waals surface area contributed by atoms with Gasteiger partial charge in [-0.15, -0.1) is 0 Å². The fraction of sp³-hybridized carbons (Fsp3) is 0.231. The predicted octanol–water partition coefficient (Wildman–Crippen LogP) is 4.17. The molecule has 3 aromatic carbocycles. The molecule has 10 nitrogen and oxygen atoms in total. The van der Waals surface area contributed by atoms with Crippen LogP contribution in [0, 0.1) is 10.1 Å². The summed E-state index contributed by atoms with van der Waals surface area (Å²) >= 11 is 0. The number of anilines is 1. The maximum absolute atomic E-state index is 13.9. The zero-order valence-corrected chi connectivity index (χ0v) is 20.2. The SMILES string of the molecule is COc1ccc([N+](=O)[O-])cc1NC(=O)[C@H]1c2ccccc2C(=O)N(C)[C@@H]1c1ccc(OC)c(OC)c1. The number of nitrogens with one attached hydrogen (secondary N) is 1. The van der Waals surface area contributed by atoms with Gasteiger partial charge < -0.3 is 24.4 Å². The number of hydrogen-bond acceptors (Lipinski definition) is 7. The Morgan fingerprint density at radius 3 is 2.28 bits per heavy atom. The Bertz CT molecular complexity index is 1340. The summed E-state index contributed by atoms with van der Waals surface area (Å²) in [7, 11) is 6.07. The summed E-state index contributed by atoms with van der Waals surface area (Å²) in [6, 6.07) is 15.4. The van der Waals surface area contributed by atoms with Crippen LogP contribution >= 0.6 is 0 Å². The van der Waals surface area contributed by atoms with Gasteiger partial charge in [0.1, 0.15) is 5.75 Å². The van der Waals surface area contributed by atoms with E-state index >= 15 is 0 Å². The van der Waals surface area contributed by atoms with Crippen LogP contribution in [0.4, 0.5) is 11.4 Å². The zero-order valence-electron chi connectivity index (χ0n) is 20.2. The van der Waals surface area contributed by atoms with Crippen molar-refractivity contribution in [1.29, 1.82) is 0 Å². The molecule has 0 spiro atoms. The van der Waals surface area contributed by atoms with E-state index in [1.165, 1.54) is 44.4 Å². The summed E-state index contributed by atoms with van der Waals surface area (Å²) in [6.45, 7) is 0. The van der Waals surface area contributed by atoms with Crippen molar-refractivity contribution in [2.75, 3.05) is 33.7 Å². The molecule has 0 aromatic heterocycles. The highest BCUT2D eigenvalue weighted by atomic mass is 16.6. The van der Waals surface area contributed by atoms with Crippen LogP contribution in [0.15, 0.2) is 60.7 Å². The zero-order chi connectivity index (χ0) is 26.0. The van der Waals surface area contributed by atoms with Crippen molar-refractivity contribution in [1.82, 2.24) is 4.90 Å². The van der Waals surface area contributed by atoms with Gasteiger partial charge in [0.25, 0.3) is 11.6 Å². The number of amides is 2. The fourth-order valence-electron chi connectivity index (χ4n) is 4.53. The van der Waals surface area contributed by atoms with E-state index in [4.69, 9.17) is 14.2 Å². The van der Waals surface area contributed by atoms with Crippen LogP contribution in [-0.4, -0.2) is 50.0 Å². The number of rotatable bonds is 7. The molecule has 1 aliphatic rings. The van der Waals surface area contributed by atoms with Crippen molar-refractivity contribution >= 4 is 23.2 Å². The van der Waals surface area contributed by atoms with E-state index in [0.29, 0.717) is 28.2 Å². The molecule has 186 valence electrons. The molecule has 1 aliphatic heterocycles. The molecule has 2 atom stereocenters. The first-order chi connectivity index (χ1) is 17.3. The van der Waals surface area contributed by atoms with Crippen LogP contribution in [0.1, 0.15) is 33.4 Å². The van der Waals surface area contributed by atoms with Crippen LogP contribution in [0.3, 0.4) is 0 Å². The molecule has 0 unspecified atom stereocenters. The molecular weight excluding hydrogens is 466 g/mol. The summed E-state index contributed by atoms with van der Waals surface area (Å²) in [4.78, 5) is 39.4. The lowest BCUT2D eigenvalue weighted by Crippen LogP contribution is -2.44. The van der Waals surface area contributed by atoms with E-state index in [1.807, 2.05) is 0 Å². The van der Waals surface area contributed by atoms with Crippen LogP contribution in [0.25, 0.3) is 0 Å². The third-order valence-corrected chi connectivity index (χ3v) is 6.26. The van der Waals surface area contributed by atoms with Gasteiger partial charge in [-0.05, 0) is 35.4 Å². The lowest BCUT2D eigenvalue weighted by Gasteiger charge is -2.40. The number of nitro benzene ring substituents is 1. The third-order valence-electron chi connectivity index (χ3n) is 6.26. The van der Waals surface area contributed by atoms with E-state index in [1.54, 1.807) is 49.5 Å². The lowest BCUT2D eigenvalue weighted by molar-refractivity contribution is -0.384.